The summed E-state index contributed by atoms with van der Waals surface area (Å²) in [6, 6.07) is 10.8. The second-order valence-electron chi connectivity index (χ2n) is 4.58. The number of nitrogens with zero attached hydrogens (tertiary/aromatic N) is 1. The molecule has 22 heavy (non-hydrogen) atoms. The summed E-state index contributed by atoms with van der Waals surface area (Å²) in [4.78, 5) is 16.3. The first-order chi connectivity index (χ1) is 10.8. The number of hydrogen-bond donors (Lipinski definition) is 1. The Morgan fingerprint density at radius 3 is 3.00 bits per heavy atom. The molecule has 1 N–H and O–H groups in total. The van der Waals surface area contributed by atoms with Gasteiger partial charge in [-0.15, -0.1) is 0 Å². The lowest BCUT2D eigenvalue weighted by Gasteiger charge is -2.08. The lowest BCUT2D eigenvalue weighted by molar-refractivity contribution is -0.111. The lowest BCUT2D eigenvalue weighted by atomic mass is 10.1. The molecule has 0 spiro atoms. The smallest absolute Gasteiger partial charge is 0.248 e. The van der Waals surface area contributed by atoms with Crippen LogP contribution < -0.4 is 10.1 Å². The number of rotatable bonds is 4. The molecule has 0 atom stereocenters. The molecule has 0 aliphatic rings. The van der Waals surface area contributed by atoms with Crippen molar-refractivity contribution >= 4 is 28.6 Å². The first-order valence-corrected chi connectivity index (χ1v) is 6.71. The van der Waals surface area contributed by atoms with Crippen LogP contribution in [0.25, 0.3) is 17.0 Å². The van der Waals surface area contributed by atoms with E-state index in [1.54, 1.807) is 43.8 Å². The summed E-state index contributed by atoms with van der Waals surface area (Å²) in [6.07, 6.45) is 6.24. The van der Waals surface area contributed by atoms with E-state index in [2.05, 4.69) is 10.3 Å². The highest BCUT2D eigenvalue weighted by Gasteiger charge is 2.06. The molecule has 0 aliphatic carbocycles. The van der Waals surface area contributed by atoms with Crippen LogP contribution in [0.3, 0.4) is 0 Å². The monoisotopic (exact) mass is 294 g/mol. The van der Waals surface area contributed by atoms with Crippen molar-refractivity contribution in [2.45, 2.75) is 0 Å². The van der Waals surface area contributed by atoms with Gasteiger partial charge in [0.2, 0.25) is 5.91 Å². The fraction of sp³-hybridized carbons (Fsp3) is 0.0588. The van der Waals surface area contributed by atoms with E-state index in [1.165, 1.54) is 6.08 Å². The van der Waals surface area contributed by atoms with E-state index >= 15 is 0 Å². The quantitative estimate of drug-likeness (QED) is 0.748. The molecule has 0 bridgehead atoms. The van der Waals surface area contributed by atoms with Gasteiger partial charge in [-0.2, -0.15) is 0 Å². The minimum Gasteiger partial charge on any atom is -0.497 e. The highest BCUT2D eigenvalue weighted by Crippen LogP contribution is 2.25. The van der Waals surface area contributed by atoms with Crippen LogP contribution >= 0.6 is 0 Å². The first-order valence-electron chi connectivity index (χ1n) is 6.71. The lowest BCUT2D eigenvalue weighted by Crippen LogP contribution is -2.08. The van der Waals surface area contributed by atoms with Gasteiger partial charge < -0.3 is 14.5 Å². The predicted molar refractivity (Wildman–Crippen MR) is 84.7 cm³/mol. The van der Waals surface area contributed by atoms with Gasteiger partial charge in [-0.25, -0.2) is 0 Å². The molecule has 5 heteroatoms. The molecular formula is C17H14N2O3. The average Bonchev–Trinajstić information content (AvgIpc) is 3.06. The van der Waals surface area contributed by atoms with E-state index < -0.39 is 0 Å². The Kier molecular flexibility index (Phi) is 3.87. The van der Waals surface area contributed by atoms with E-state index in [9.17, 15) is 4.79 Å². The van der Waals surface area contributed by atoms with Crippen molar-refractivity contribution < 1.29 is 13.9 Å². The number of nitrogens with one attached hydrogen (secondary N) is 1. The third-order valence-electron chi connectivity index (χ3n) is 3.15. The van der Waals surface area contributed by atoms with Crippen LogP contribution in [-0.2, 0) is 4.79 Å². The molecule has 0 saturated carbocycles. The summed E-state index contributed by atoms with van der Waals surface area (Å²) in [7, 11) is 1.60. The molecule has 0 fully saturated rings. The van der Waals surface area contributed by atoms with Crippen LogP contribution in [-0.4, -0.2) is 18.0 Å². The van der Waals surface area contributed by atoms with E-state index in [0.29, 0.717) is 17.2 Å². The first kappa shape index (κ1) is 13.9. The topological polar surface area (TPSA) is 64.4 Å². The van der Waals surface area contributed by atoms with Crippen LogP contribution in [0.1, 0.15) is 5.76 Å². The number of furan rings is 1. The Labute approximate surface area is 127 Å². The van der Waals surface area contributed by atoms with E-state index in [-0.39, 0.29) is 5.91 Å². The summed E-state index contributed by atoms with van der Waals surface area (Å²) < 4.78 is 10.4. The molecule has 2 aromatic heterocycles. The van der Waals surface area contributed by atoms with Gasteiger partial charge in [-0.05, 0) is 42.5 Å². The number of fused-ring (bicyclic) bond motifs is 1. The van der Waals surface area contributed by atoms with Crippen molar-refractivity contribution in [2.75, 3.05) is 12.4 Å². The molecule has 0 unspecified atom stereocenters. The summed E-state index contributed by atoms with van der Waals surface area (Å²) >= 11 is 0. The number of carbonyl (C=O) groups excluding carboxylic acids is 1. The molecule has 3 aromatic rings. The summed E-state index contributed by atoms with van der Waals surface area (Å²) in [5, 5.41) is 3.66. The standard InChI is InChI=1S/C17H14N2O3/c1-21-13-4-6-15-14(11-13)16(8-9-18-15)19-17(20)7-5-12-3-2-10-22-12/h2-11H,1H3,(H,18,19,20)/b7-5+. The molecule has 5 nitrogen and oxygen atoms in total. The Morgan fingerprint density at radius 2 is 2.23 bits per heavy atom. The van der Waals surface area contributed by atoms with Gasteiger partial charge >= 0.3 is 0 Å². The number of pyridine rings is 1. The number of carbonyl (C=O) groups is 1. The Bertz CT molecular complexity index is 823. The van der Waals surface area contributed by atoms with Gasteiger partial charge in [0.1, 0.15) is 11.5 Å². The third-order valence-corrected chi connectivity index (χ3v) is 3.15. The fourth-order valence-electron chi connectivity index (χ4n) is 2.08. The van der Waals surface area contributed by atoms with Gasteiger partial charge in [0, 0.05) is 17.7 Å². The van der Waals surface area contributed by atoms with Crippen molar-refractivity contribution in [1.29, 1.82) is 0 Å². The maximum absolute atomic E-state index is 12.0. The van der Waals surface area contributed by atoms with Gasteiger partial charge in [-0.1, -0.05) is 0 Å². The third kappa shape index (κ3) is 2.98. The molecule has 0 saturated heterocycles. The number of hydrogen-bond acceptors (Lipinski definition) is 4. The average molecular weight is 294 g/mol. The minimum absolute atomic E-state index is 0.244. The highest BCUT2D eigenvalue weighted by atomic mass is 16.5. The van der Waals surface area contributed by atoms with E-state index in [1.807, 2.05) is 18.2 Å². The second kappa shape index (κ2) is 6.13. The number of aromatic nitrogens is 1. The van der Waals surface area contributed by atoms with Gasteiger partial charge in [0.25, 0.3) is 0 Å². The Hall–Kier alpha value is -3.08. The highest BCUT2D eigenvalue weighted by molar-refractivity contribution is 6.06. The van der Waals surface area contributed by atoms with Crippen LogP contribution in [0.2, 0.25) is 0 Å². The van der Waals surface area contributed by atoms with E-state index in [0.717, 1.165) is 10.9 Å². The maximum atomic E-state index is 12.0. The zero-order valence-electron chi connectivity index (χ0n) is 11.9. The number of ether oxygens (including phenoxy) is 1. The van der Waals surface area contributed by atoms with Crippen molar-refractivity contribution in [2.24, 2.45) is 0 Å². The normalized spacial score (nSPS) is 11.0. The second-order valence-corrected chi connectivity index (χ2v) is 4.58. The summed E-state index contributed by atoms with van der Waals surface area (Å²) in [5.41, 5.74) is 1.46. The molecule has 0 radical (unpaired) electrons. The Balaban J connectivity index is 1.85. The minimum atomic E-state index is -0.244. The zero-order valence-corrected chi connectivity index (χ0v) is 11.9. The molecule has 0 aliphatic heterocycles. The SMILES string of the molecule is COc1ccc2nccc(NC(=O)/C=C/c3ccco3)c2c1. The maximum Gasteiger partial charge on any atom is 0.248 e. The fourth-order valence-corrected chi connectivity index (χ4v) is 2.08. The van der Waals surface area contributed by atoms with Crippen LogP contribution in [0.15, 0.2) is 59.4 Å². The molecule has 3 rings (SSSR count). The van der Waals surface area contributed by atoms with Crippen LogP contribution in [0.5, 0.6) is 5.75 Å². The van der Waals surface area contributed by atoms with E-state index in [4.69, 9.17) is 9.15 Å². The van der Waals surface area contributed by atoms with Crippen molar-refractivity contribution in [3.05, 3.63) is 60.7 Å². The molecular weight excluding hydrogens is 280 g/mol. The van der Waals surface area contributed by atoms with Gasteiger partial charge in [-0.3, -0.25) is 9.78 Å². The Morgan fingerprint density at radius 1 is 1.32 bits per heavy atom. The molecule has 1 aromatic carbocycles. The molecule has 110 valence electrons. The van der Waals surface area contributed by atoms with Crippen LogP contribution in [0, 0.1) is 0 Å². The zero-order chi connectivity index (χ0) is 15.4. The van der Waals surface area contributed by atoms with Crippen molar-refractivity contribution in [1.82, 2.24) is 4.98 Å². The molecule has 2 heterocycles. The van der Waals surface area contributed by atoms with Crippen molar-refractivity contribution in [3.63, 3.8) is 0 Å². The predicted octanol–water partition coefficient (Wildman–Crippen LogP) is 3.49. The number of amides is 1. The van der Waals surface area contributed by atoms with Crippen molar-refractivity contribution in [3.8, 4) is 5.75 Å². The largest absolute Gasteiger partial charge is 0.497 e. The number of benzene rings is 1. The summed E-state index contributed by atoms with van der Waals surface area (Å²) in [5.74, 6) is 1.09. The van der Waals surface area contributed by atoms with Crippen LogP contribution in [0.4, 0.5) is 5.69 Å². The van der Waals surface area contributed by atoms with Gasteiger partial charge in [0.05, 0.1) is 24.6 Å². The number of methoxy groups -OCH3 is 1. The summed E-state index contributed by atoms with van der Waals surface area (Å²) in [6.45, 7) is 0. The number of anilines is 1. The molecule has 1 amide bonds. The van der Waals surface area contributed by atoms with Gasteiger partial charge in [0.15, 0.2) is 0 Å².